The minimum absolute atomic E-state index is 0.0179. The van der Waals surface area contributed by atoms with Gasteiger partial charge in [-0.25, -0.2) is 0 Å². The Kier molecular flexibility index (Phi) is 2.42. The largest absolute Gasteiger partial charge is 0.281 e. The fourth-order valence-electron chi connectivity index (χ4n) is 1.72. The first-order valence-electron chi connectivity index (χ1n) is 4.95. The number of nitrogens with zero attached hydrogens (tertiary/aromatic N) is 1. The van der Waals surface area contributed by atoms with Gasteiger partial charge >= 0.3 is 0 Å². The molecule has 0 atom stereocenters. The van der Waals surface area contributed by atoms with E-state index in [1.807, 2.05) is 44.2 Å². The molecule has 1 aromatic carbocycles. The van der Waals surface area contributed by atoms with Crippen molar-refractivity contribution in [3.05, 3.63) is 64.1 Å². The van der Waals surface area contributed by atoms with E-state index < -0.39 is 0 Å². The third-order valence-electron chi connectivity index (χ3n) is 2.51. The summed E-state index contributed by atoms with van der Waals surface area (Å²) in [5, 5.41) is 0. The number of benzene rings is 1. The molecule has 2 heteroatoms. The fourth-order valence-corrected chi connectivity index (χ4v) is 1.72. The second-order valence-electron chi connectivity index (χ2n) is 3.63. The number of rotatable bonds is 1. The monoisotopic (exact) mass is 199 g/mol. The van der Waals surface area contributed by atoms with Crippen molar-refractivity contribution in [2.24, 2.45) is 0 Å². The minimum atomic E-state index is 0.0179. The van der Waals surface area contributed by atoms with Gasteiger partial charge in [0.15, 0.2) is 0 Å². The number of aryl methyl sites for hydroxylation is 2. The third-order valence-corrected chi connectivity index (χ3v) is 2.51. The summed E-state index contributed by atoms with van der Waals surface area (Å²) in [6.45, 7) is 3.95. The lowest BCUT2D eigenvalue weighted by Crippen LogP contribution is -2.19. The Hall–Kier alpha value is -1.83. The molecule has 0 aliphatic heterocycles. The molecule has 1 aromatic heterocycles. The zero-order valence-electron chi connectivity index (χ0n) is 8.90. The topological polar surface area (TPSA) is 22.0 Å². The number of para-hydroxylation sites is 1. The molecule has 0 amide bonds. The normalized spacial score (nSPS) is 10.3. The van der Waals surface area contributed by atoms with Gasteiger partial charge in [0.05, 0.1) is 5.69 Å². The van der Waals surface area contributed by atoms with Crippen LogP contribution in [0.4, 0.5) is 0 Å². The van der Waals surface area contributed by atoms with Crippen LogP contribution in [0.25, 0.3) is 5.69 Å². The van der Waals surface area contributed by atoms with E-state index in [9.17, 15) is 4.79 Å². The van der Waals surface area contributed by atoms with Crippen LogP contribution >= 0.6 is 0 Å². The van der Waals surface area contributed by atoms with Gasteiger partial charge in [0.25, 0.3) is 5.56 Å². The molecular formula is C13H13NO. The molecule has 0 aliphatic rings. The number of aromatic nitrogens is 1. The average Bonchev–Trinajstić information content (AvgIpc) is 2.20. The molecular weight excluding hydrogens is 186 g/mol. The summed E-state index contributed by atoms with van der Waals surface area (Å²) in [5.74, 6) is 0. The standard InChI is InChI=1S/C13H13NO/c1-10-6-3-4-8-12(10)14-11(2)7-5-9-13(14)15/h3-9H,1-2H3. The van der Waals surface area contributed by atoms with Crippen LogP contribution in [0.15, 0.2) is 47.3 Å². The van der Waals surface area contributed by atoms with Gasteiger partial charge in [0, 0.05) is 11.8 Å². The highest BCUT2D eigenvalue weighted by molar-refractivity contribution is 5.41. The van der Waals surface area contributed by atoms with Crippen molar-refractivity contribution in [3.63, 3.8) is 0 Å². The summed E-state index contributed by atoms with van der Waals surface area (Å²) in [4.78, 5) is 11.8. The van der Waals surface area contributed by atoms with Crippen LogP contribution in [0.1, 0.15) is 11.3 Å². The molecule has 15 heavy (non-hydrogen) atoms. The van der Waals surface area contributed by atoms with Gasteiger partial charge in [0.1, 0.15) is 0 Å². The molecule has 76 valence electrons. The molecule has 0 fully saturated rings. The highest BCUT2D eigenvalue weighted by atomic mass is 16.1. The predicted octanol–water partition coefficient (Wildman–Crippen LogP) is 2.45. The summed E-state index contributed by atoms with van der Waals surface area (Å²) in [6, 6.07) is 13.2. The summed E-state index contributed by atoms with van der Waals surface area (Å²) in [6.07, 6.45) is 0. The van der Waals surface area contributed by atoms with Crippen molar-refractivity contribution in [1.82, 2.24) is 4.57 Å². The van der Waals surface area contributed by atoms with Crippen LogP contribution in [0.5, 0.6) is 0 Å². The Morgan fingerprint density at radius 1 is 0.933 bits per heavy atom. The van der Waals surface area contributed by atoms with Crippen LogP contribution in [0.3, 0.4) is 0 Å². The summed E-state index contributed by atoms with van der Waals surface area (Å²) in [5.41, 5.74) is 3.04. The second-order valence-corrected chi connectivity index (χ2v) is 3.63. The zero-order chi connectivity index (χ0) is 10.8. The van der Waals surface area contributed by atoms with Crippen molar-refractivity contribution < 1.29 is 0 Å². The first-order chi connectivity index (χ1) is 7.20. The lowest BCUT2D eigenvalue weighted by atomic mass is 10.2. The van der Waals surface area contributed by atoms with Crippen molar-refractivity contribution >= 4 is 0 Å². The SMILES string of the molecule is Cc1ccccc1-n1c(C)cccc1=O. The Labute approximate surface area is 88.8 Å². The van der Waals surface area contributed by atoms with E-state index in [1.165, 1.54) is 0 Å². The lowest BCUT2D eigenvalue weighted by Gasteiger charge is -2.11. The van der Waals surface area contributed by atoms with Gasteiger partial charge < -0.3 is 0 Å². The first-order valence-corrected chi connectivity index (χ1v) is 4.95. The van der Waals surface area contributed by atoms with E-state index in [2.05, 4.69) is 0 Å². The van der Waals surface area contributed by atoms with Crippen LogP contribution in [-0.4, -0.2) is 4.57 Å². The first kappa shape index (κ1) is 9.71. The van der Waals surface area contributed by atoms with Crippen LogP contribution < -0.4 is 5.56 Å². The number of hydrogen-bond acceptors (Lipinski definition) is 1. The molecule has 0 spiro atoms. The van der Waals surface area contributed by atoms with Gasteiger partial charge in [0.2, 0.25) is 0 Å². The van der Waals surface area contributed by atoms with Gasteiger partial charge in [-0.15, -0.1) is 0 Å². The Morgan fingerprint density at radius 2 is 1.67 bits per heavy atom. The van der Waals surface area contributed by atoms with Crippen LogP contribution in [0.2, 0.25) is 0 Å². The van der Waals surface area contributed by atoms with Gasteiger partial charge in [-0.05, 0) is 31.5 Å². The van der Waals surface area contributed by atoms with E-state index >= 15 is 0 Å². The van der Waals surface area contributed by atoms with E-state index in [0.717, 1.165) is 16.9 Å². The molecule has 0 saturated carbocycles. The molecule has 0 unspecified atom stereocenters. The van der Waals surface area contributed by atoms with E-state index in [1.54, 1.807) is 16.7 Å². The number of pyridine rings is 1. The summed E-state index contributed by atoms with van der Waals surface area (Å²) < 4.78 is 1.73. The van der Waals surface area contributed by atoms with Crippen LogP contribution in [0, 0.1) is 13.8 Å². The molecule has 1 heterocycles. The molecule has 0 radical (unpaired) electrons. The third kappa shape index (κ3) is 1.71. The summed E-state index contributed by atoms with van der Waals surface area (Å²) >= 11 is 0. The maximum Gasteiger partial charge on any atom is 0.255 e. The smallest absolute Gasteiger partial charge is 0.255 e. The maximum absolute atomic E-state index is 11.8. The molecule has 2 nitrogen and oxygen atoms in total. The maximum atomic E-state index is 11.8. The quantitative estimate of drug-likeness (QED) is 0.691. The lowest BCUT2D eigenvalue weighted by molar-refractivity contribution is 0.925. The number of hydrogen-bond donors (Lipinski definition) is 0. The van der Waals surface area contributed by atoms with Crippen molar-refractivity contribution in [2.45, 2.75) is 13.8 Å². The average molecular weight is 199 g/mol. The van der Waals surface area contributed by atoms with Crippen molar-refractivity contribution in [2.75, 3.05) is 0 Å². The molecule has 0 saturated heterocycles. The van der Waals surface area contributed by atoms with E-state index in [-0.39, 0.29) is 5.56 Å². The molecule has 2 rings (SSSR count). The highest BCUT2D eigenvalue weighted by Crippen LogP contribution is 2.12. The summed E-state index contributed by atoms with van der Waals surface area (Å²) in [7, 11) is 0. The van der Waals surface area contributed by atoms with Gasteiger partial charge in [-0.2, -0.15) is 0 Å². The Morgan fingerprint density at radius 3 is 2.33 bits per heavy atom. The van der Waals surface area contributed by atoms with E-state index in [0.29, 0.717) is 0 Å². The fraction of sp³-hybridized carbons (Fsp3) is 0.154. The highest BCUT2D eigenvalue weighted by Gasteiger charge is 2.03. The van der Waals surface area contributed by atoms with Crippen LogP contribution in [-0.2, 0) is 0 Å². The minimum Gasteiger partial charge on any atom is -0.281 e. The zero-order valence-corrected chi connectivity index (χ0v) is 8.90. The molecule has 0 N–H and O–H groups in total. The molecule has 0 aliphatic carbocycles. The van der Waals surface area contributed by atoms with E-state index in [4.69, 9.17) is 0 Å². The van der Waals surface area contributed by atoms with Gasteiger partial charge in [-0.1, -0.05) is 24.3 Å². The predicted molar refractivity (Wildman–Crippen MR) is 61.5 cm³/mol. The Balaban J connectivity index is 2.75. The molecule has 2 aromatic rings. The van der Waals surface area contributed by atoms with Crippen molar-refractivity contribution in [1.29, 1.82) is 0 Å². The Bertz CT molecular complexity index is 540. The molecule has 0 bridgehead atoms. The van der Waals surface area contributed by atoms with Gasteiger partial charge in [-0.3, -0.25) is 9.36 Å². The second kappa shape index (κ2) is 3.73. The van der Waals surface area contributed by atoms with Crippen molar-refractivity contribution in [3.8, 4) is 5.69 Å².